The molecule has 0 heterocycles. The van der Waals surface area contributed by atoms with Gasteiger partial charge in [-0.15, -0.1) is 0 Å². The van der Waals surface area contributed by atoms with E-state index in [0.29, 0.717) is 23.1 Å². The Labute approximate surface area is 128 Å². The highest BCUT2D eigenvalue weighted by Crippen LogP contribution is 2.36. The Morgan fingerprint density at radius 2 is 1.85 bits per heavy atom. The Kier molecular flexibility index (Phi) is 5.92. The number of ether oxygens (including phenoxy) is 1. The zero-order valence-corrected chi connectivity index (χ0v) is 14.9. The molecule has 0 radical (unpaired) electrons. The third kappa shape index (κ3) is 5.00. The van der Waals surface area contributed by atoms with E-state index < -0.39 is 8.32 Å². The molecule has 0 aromatic heterocycles. The standard InChI is InChI=1S/C15H26ClNO2Si/c1-15(2,3)20(4,5)19-10-6-9-18-14-8-7-12(16)11-13(14)17/h7-8,11H,6,9-10,17H2,1-5H3. The third-order valence-electron chi connectivity index (χ3n) is 3.79. The SMILES string of the molecule is CC(C)(C)[Si](C)(C)OCCCOc1ccc(Cl)cc1N. The van der Waals surface area contributed by atoms with E-state index in [0.717, 1.165) is 13.0 Å². The molecule has 0 fully saturated rings. The Hall–Kier alpha value is -0.713. The Bertz CT molecular complexity index is 444. The van der Waals surface area contributed by atoms with Crippen molar-refractivity contribution in [3.63, 3.8) is 0 Å². The maximum atomic E-state index is 6.09. The molecule has 1 rings (SSSR count). The highest BCUT2D eigenvalue weighted by Gasteiger charge is 2.36. The van der Waals surface area contributed by atoms with E-state index in [-0.39, 0.29) is 5.04 Å². The van der Waals surface area contributed by atoms with Crippen LogP contribution in [0, 0.1) is 0 Å². The highest BCUT2D eigenvalue weighted by molar-refractivity contribution is 6.74. The van der Waals surface area contributed by atoms with E-state index >= 15 is 0 Å². The fourth-order valence-corrected chi connectivity index (χ4v) is 2.70. The van der Waals surface area contributed by atoms with Crippen LogP contribution in [-0.4, -0.2) is 21.5 Å². The fraction of sp³-hybridized carbons (Fsp3) is 0.600. The summed E-state index contributed by atoms with van der Waals surface area (Å²) in [5.74, 6) is 0.682. The van der Waals surface area contributed by atoms with Crippen LogP contribution in [0.15, 0.2) is 18.2 Å². The van der Waals surface area contributed by atoms with Gasteiger partial charge in [-0.25, -0.2) is 0 Å². The van der Waals surface area contributed by atoms with Gasteiger partial charge in [0.1, 0.15) is 5.75 Å². The van der Waals surface area contributed by atoms with Crippen molar-refractivity contribution in [2.45, 2.75) is 45.3 Å². The normalized spacial score (nSPS) is 12.5. The van der Waals surface area contributed by atoms with Crippen LogP contribution in [0.2, 0.25) is 23.2 Å². The molecule has 0 aliphatic rings. The molecule has 20 heavy (non-hydrogen) atoms. The van der Waals surface area contributed by atoms with Crippen molar-refractivity contribution >= 4 is 25.6 Å². The summed E-state index contributed by atoms with van der Waals surface area (Å²) < 4.78 is 11.7. The van der Waals surface area contributed by atoms with Gasteiger partial charge in [0.15, 0.2) is 8.32 Å². The number of rotatable bonds is 6. The molecule has 0 saturated heterocycles. The van der Waals surface area contributed by atoms with E-state index in [1.807, 2.05) is 0 Å². The van der Waals surface area contributed by atoms with Gasteiger partial charge in [-0.1, -0.05) is 32.4 Å². The van der Waals surface area contributed by atoms with Crippen molar-refractivity contribution in [2.24, 2.45) is 0 Å². The predicted octanol–water partition coefficient (Wildman–Crippen LogP) is 4.71. The summed E-state index contributed by atoms with van der Waals surface area (Å²) in [6.07, 6.45) is 0.856. The van der Waals surface area contributed by atoms with E-state index in [1.165, 1.54) is 0 Å². The molecule has 2 N–H and O–H groups in total. The predicted molar refractivity (Wildman–Crippen MR) is 89.1 cm³/mol. The summed E-state index contributed by atoms with van der Waals surface area (Å²) in [6.45, 7) is 12.6. The molecule has 0 atom stereocenters. The van der Waals surface area contributed by atoms with Gasteiger partial charge in [0, 0.05) is 18.1 Å². The van der Waals surface area contributed by atoms with Crippen LogP contribution in [0.3, 0.4) is 0 Å². The molecule has 0 bridgehead atoms. The minimum absolute atomic E-state index is 0.245. The van der Waals surface area contributed by atoms with Crippen molar-refractivity contribution in [1.29, 1.82) is 0 Å². The number of anilines is 1. The van der Waals surface area contributed by atoms with Crippen LogP contribution in [-0.2, 0) is 4.43 Å². The average molecular weight is 316 g/mol. The maximum absolute atomic E-state index is 6.09. The topological polar surface area (TPSA) is 44.5 Å². The summed E-state index contributed by atoms with van der Waals surface area (Å²) >= 11 is 5.84. The van der Waals surface area contributed by atoms with Crippen molar-refractivity contribution in [3.05, 3.63) is 23.2 Å². The van der Waals surface area contributed by atoms with Crippen LogP contribution in [0.1, 0.15) is 27.2 Å². The molecule has 5 heteroatoms. The molecule has 1 aromatic rings. The number of hydrogen-bond acceptors (Lipinski definition) is 3. The summed E-state index contributed by atoms with van der Waals surface area (Å²) in [7, 11) is -1.65. The van der Waals surface area contributed by atoms with Crippen LogP contribution < -0.4 is 10.5 Å². The number of hydrogen-bond donors (Lipinski definition) is 1. The number of halogens is 1. The Morgan fingerprint density at radius 1 is 1.20 bits per heavy atom. The quantitative estimate of drug-likeness (QED) is 0.469. The average Bonchev–Trinajstić information content (AvgIpc) is 2.29. The van der Waals surface area contributed by atoms with E-state index in [2.05, 4.69) is 33.9 Å². The molecule has 0 unspecified atom stereocenters. The van der Waals surface area contributed by atoms with Crippen molar-refractivity contribution in [2.75, 3.05) is 18.9 Å². The number of nitrogens with two attached hydrogens (primary N) is 1. The minimum Gasteiger partial charge on any atom is -0.491 e. The first-order valence-corrected chi connectivity index (χ1v) is 10.2. The van der Waals surface area contributed by atoms with Gasteiger partial charge in [0.05, 0.1) is 12.3 Å². The second-order valence-corrected chi connectivity index (χ2v) is 11.7. The van der Waals surface area contributed by atoms with Crippen molar-refractivity contribution in [1.82, 2.24) is 0 Å². The summed E-state index contributed by atoms with van der Waals surface area (Å²) in [4.78, 5) is 0. The summed E-state index contributed by atoms with van der Waals surface area (Å²) in [5.41, 5.74) is 6.40. The van der Waals surface area contributed by atoms with Gasteiger partial charge in [-0.05, 0) is 36.3 Å². The van der Waals surface area contributed by atoms with Crippen molar-refractivity contribution < 1.29 is 9.16 Å². The smallest absolute Gasteiger partial charge is 0.191 e. The first kappa shape index (κ1) is 17.3. The molecular formula is C15H26ClNO2Si. The van der Waals surface area contributed by atoms with Gasteiger partial charge in [0.2, 0.25) is 0 Å². The number of benzene rings is 1. The first-order chi connectivity index (χ1) is 9.13. The van der Waals surface area contributed by atoms with Gasteiger partial charge >= 0.3 is 0 Å². The van der Waals surface area contributed by atoms with Gasteiger partial charge < -0.3 is 14.9 Å². The molecule has 0 aliphatic heterocycles. The molecule has 0 amide bonds. The highest BCUT2D eigenvalue weighted by atomic mass is 35.5. The summed E-state index contributed by atoms with van der Waals surface area (Å²) in [5, 5.41) is 0.866. The first-order valence-electron chi connectivity index (χ1n) is 6.95. The lowest BCUT2D eigenvalue weighted by molar-refractivity contribution is 0.234. The van der Waals surface area contributed by atoms with Gasteiger partial charge in [0.25, 0.3) is 0 Å². The monoisotopic (exact) mass is 315 g/mol. The minimum atomic E-state index is -1.65. The maximum Gasteiger partial charge on any atom is 0.191 e. The fourth-order valence-electron chi connectivity index (χ4n) is 1.44. The zero-order valence-electron chi connectivity index (χ0n) is 13.1. The third-order valence-corrected chi connectivity index (χ3v) is 8.56. The number of nitrogen functional groups attached to an aromatic ring is 1. The molecule has 0 spiro atoms. The molecule has 0 saturated carbocycles. The van der Waals surface area contributed by atoms with Crippen molar-refractivity contribution in [3.8, 4) is 5.75 Å². The van der Waals surface area contributed by atoms with E-state index in [4.69, 9.17) is 26.5 Å². The molecule has 0 aliphatic carbocycles. The lowest BCUT2D eigenvalue weighted by Crippen LogP contribution is -2.41. The van der Waals surface area contributed by atoms with Crippen LogP contribution >= 0.6 is 11.6 Å². The largest absolute Gasteiger partial charge is 0.491 e. The van der Waals surface area contributed by atoms with Gasteiger partial charge in [-0.2, -0.15) is 0 Å². The molecule has 1 aromatic carbocycles. The molecular weight excluding hydrogens is 290 g/mol. The van der Waals surface area contributed by atoms with Gasteiger partial charge in [-0.3, -0.25) is 0 Å². The lowest BCUT2D eigenvalue weighted by atomic mass is 10.2. The van der Waals surface area contributed by atoms with Crippen LogP contribution in [0.25, 0.3) is 0 Å². The van der Waals surface area contributed by atoms with E-state index in [9.17, 15) is 0 Å². The lowest BCUT2D eigenvalue weighted by Gasteiger charge is -2.36. The van der Waals surface area contributed by atoms with Crippen LogP contribution in [0.4, 0.5) is 5.69 Å². The Balaban J connectivity index is 2.32. The van der Waals surface area contributed by atoms with E-state index in [1.54, 1.807) is 18.2 Å². The second kappa shape index (κ2) is 6.83. The Morgan fingerprint density at radius 3 is 2.40 bits per heavy atom. The zero-order chi connectivity index (χ0) is 15.4. The molecule has 3 nitrogen and oxygen atoms in total. The summed E-state index contributed by atoms with van der Waals surface area (Å²) in [6, 6.07) is 5.27. The van der Waals surface area contributed by atoms with Crippen LogP contribution in [0.5, 0.6) is 5.75 Å². The second-order valence-electron chi connectivity index (χ2n) is 6.49. The molecule has 114 valence electrons.